The van der Waals surface area contributed by atoms with E-state index in [2.05, 4.69) is 19.8 Å². The summed E-state index contributed by atoms with van der Waals surface area (Å²) >= 11 is 0. The third kappa shape index (κ3) is 2.23. The van der Waals surface area contributed by atoms with Crippen LogP contribution in [0.3, 0.4) is 0 Å². The number of aliphatic hydroxyl groups excluding tert-OH is 3. The quantitative estimate of drug-likeness (QED) is 0.397. The van der Waals surface area contributed by atoms with E-state index in [1.807, 2.05) is 6.08 Å². The van der Waals surface area contributed by atoms with Gasteiger partial charge < -0.3 is 20.4 Å². The summed E-state index contributed by atoms with van der Waals surface area (Å²) in [5, 5.41) is 42.3. The van der Waals surface area contributed by atoms with E-state index in [0.717, 1.165) is 24.8 Å². The number of aliphatic hydroxyl groups is 4. The second kappa shape index (κ2) is 5.33. The summed E-state index contributed by atoms with van der Waals surface area (Å²) in [5.74, 6) is 3.02. The van der Waals surface area contributed by atoms with Crippen molar-refractivity contribution in [1.82, 2.24) is 0 Å². The lowest BCUT2D eigenvalue weighted by Gasteiger charge is -2.59. The summed E-state index contributed by atoms with van der Waals surface area (Å²) in [6.45, 7) is 4.32. The van der Waals surface area contributed by atoms with Gasteiger partial charge in [0.05, 0.1) is 18.3 Å². The van der Waals surface area contributed by atoms with Gasteiger partial charge >= 0.3 is 0 Å². The van der Waals surface area contributed by atoms with Crippen LogP contribution in [-0.2, 0) is 0 Å². The molecular formula is C21H30O4. The zero-order chi connectivity index (χ0) is 18.2. The van der Waals surface area contributed by atoms with Gasteiger partial charge in [-0.3, -0.25) is 0 Å². The molecule has 4 nitrogen and oxygen atoms in total. The minimum atomic E-state index is -1.10. The average molecular weight is 346 g/mol. The van der Waals surface area contributed by atoms with Crippen molar-refractivity contribution < 1.29 is 20.4 Å². The second-order valence-corrected chi connectivity index (χ2v) is 9.54. The molecule has 138 valence electrons. The van der Waals surface area contributed by atoms with Gasteiger partial charge in [-0.25, -0.2) is 0 Å². The monoisotopic (exact) mass is 346 g/mol. The Bertz CT molecular complexity index is 651. The number of hydrogen-bond donors (Lipinski definition) is 4. The molecule has 9 atom stereocenters. The summed E-state index contributed by atoms with van der Waals surface area (Å²) in [4.78, 5) is 0. The molecule has 0 aliphatic heterocycles. The molecule has 25 heavy (non-hydrogen) atoms. The number of fused-ring (bicyclic) bond motifs is 5. The van der Waals surface area contributed by atoms with Crippen molar-refractivity contribution in [2.45, 2.75) is 76.3 Å². The van der Waals surface area contributed by atoms with Crippen LogP contribution in [0.4, 0.5) is 0 Å². The average Bonchev–Trinajstić information content (AvgIpc) is 2.80. The van der Waals surface area contributed by atoms with Crippen molar-refractivity contribution in [2.24, 2.45) is 28.6 Å². The van der Waals surface area contributed by atoms with Gasteiger partial charge in [-0.1, -0.05) is 31.4 Å². The highest BCUT2D eigenvalue weighted by molar-refractivity contribution is 5.32. The third-order valence-electron chi connectivity index (χ3n) is 8.43. The van der Waals surface area contributed by atoms with Crippen molar-refractivity contribution in [3.63, 3.8) is 0 Å². The fourth-order valence-electron chi connectivity index (χ4n) is 6.75. The maximum absolute atomic E-state index is 11.0. The minimum Gasteiger partial charge on any atom is -0.390 e. The summed E-state index contributed by atoms with van der Waals surface area (Å²) in [6, 6.07) is 0. The molecular weight excluding hydrogens is 316 g/mol. The first-order valence-electron chi connectivity index (χ1n) is 9.60. The van der Waals surface area contributed by atoms with Crippen LogP contribution in [0.25, 0.3) is 0 Å². The molecule has 4 aliphatic rings. The molecule has 3 saturated carbocycles. The molecule has 0 saturated heterocycles. The van der Waals surface area contributed by atoms with E-state index >= 15 is 0 Å². The molecule has 0 unspecified atom stereocenters. The SMILES string of the molecule is C#C[C@@]1(O)CC[C@@]2(C)C(=C[C@H](O)[C@H]3[C@@H]4C[C@@H](O)[C@H](O)[C@@]4(C)CC[C@@H]32)C1. The molecule has 3 fully saturated rings. The van der Waals surface area contributed by atoms with Crippen molar-refractivity contribution in [3.05, 3.63) is 11.6 Å². The Kier molecular flexibility index (Phi) is 3.74. The van der Waals surface area contributed by atoms with Crippen LogP contribution in [0.5, 0.6) is 0 Å². The Hall–Kier alpha value is -0.860. The zero-order valence-corrected chi connectivity index (χ0v) is 15.2. The molecule has 0 aromatic carbocycles. The molecule has 0 heterocycles. The first-order chi connectivity index (χ1) is 11.6. The molecule has 0 bridgehead atoms. The highest BCUT2D eigenvalue weighted by Crippen LogP contribution is 2.65. The van der Waals surface area contributed by atoms with Gasteiger partial charge in [0.25, 0.3) is 0 Å². The van der Waals surface area contributed by atoms with Crippen molar-refractivity contribution in [2.75, 3.05) is 0 Å². The lowest BCUT2D eigenvalue weighted by molar-refractivity contribution is -0.113. The third-order valence-corrected chi connectivity index (χ3v) is 8.43. The normalized spacial score (nSPS) is 57.7. The topological polar surface area (TPSA) is 80.9 Å². The fraction of sp³-hybridized carbons (Fsp3) is 0.810. The van der Waals surface area contributed by atoms with Gasteiger partial charge in [0, 0.05) is 6.42 Å². The van der Waals surface area contributed by atoms with E-state index in [9.17, 15) is 20.4 Å². The Morgan fingerprint density at radius 2 is 1.84 bits per heavy atom. The van der Waals surface area contributed by atoms with Gasteiger partial charge in [0.2, 0.25) is 0 Å². The van der Waals surface area contributed by atoms with Crippen molar-refractivity contribution in [3.8, 4) is 12.3 Å². The Morgan fingerprint density at radius 1 is 1.12 bits per heavy atom. The van der Waals surface area contributed by atoms with Crippen LogP contribution >= 0.6 is 0 Å². The lowest BCUT2D eigenvalue weighted by Crippen LogP contribution is -2.56. The standard InChI is InChI=1S/C21H30O4/c1-4-21(25)8-7-19(2)12(11-21)9-15(22)17-13(19)5-6-20(3)14(17)10-16(23)18(20)24/h1,9,13-18,22-25H,5-8,10-11H2,2-3H3/t13-,14-,15-,16+,17+,18-,19-,20-,21+/m0/s1. The van der Waals surface area contributed by atoms with E-state index in [4.69, 9.17) is 6.42 Å². The van der Waals surface area contributed by atoms with Crippen LogP contribution in [0.1, 0.15) is 52.4 Å². The van der Waals surface area contributed by atoms with Gasteiger partial charge in [-0.05, 0) is 60.7 Å². The van der Waals surface area contributed by atoms with E-state index in [-0.39, 0.29) is 22.7 Å². The number of hydrogen-bond acceptors (Lipinski definition) is 4. The number of terminal acetylenes is 1. The minimum absolute atomic E-state index is 0.0522. The fourth-order valence-corrected chi connectivity index (χ4v) is 6.75. The predicted octanol–water partition coefficient (Wildman–Crippen LogP) is 1.62. The van der Waals surface area contributed by atoms with Gasteiger partial charge in [-0.15, -0.1) is 6.42 Å². The summed E-state index contributed by atoms with van der Waals surface area (Å²) in [6.07, 6.45) is 9.66. The van der Waals surface area contributed by atoms with Crippen LogP contribution in [0.2, 0.25) is 0 Å². The molecule has 0 radical (unpaired) electrons. The molecule has 4 N–H and O–H groups in total. The van der Waals surface area contributed by atoms with Crippen molar-refractivity contribution >= 4 is 0 Å². The summed E-state index contributed by atoms with van der Waals surface area (Å²) in [7, 11) is 0. The molecule has 4 aliphatic carbocycles. The highest BCUT2D eigenvalue weighted by Gasteiger charge is 2.63. The Labute approximate surface area is 150 Å². The molecule has 0 spiro atoms. The van der Waals surface area contributed by atoms with E-state index in [1.54, 1.807) is 0 Å². The highest BCUT2D eigenvalue weighted by atomic mass is 16.3. The van der Waals surface area contributed by atoms with Crippen LogP contribution in [0, 0.1) is 40.9 Å². The van der Waals surface area contributed by atoms with Gasteiger partial charge in [0.1, 0.15) is 5.60 Å². The first kappa shape index (κ1) is 17.5. The largest absolute Gasteiger partial charge is 0.390 e. The van der Waals surface area contributed by atoms with E-state index < -0.39 is 23.9 Å². The Balaban J connectivity index is 1.73. The summed E-state index contributed by atoms with van der Waals surface area (Å²) < 4.78 is 0. The maximum atomic E-state index is 11.0. The zero-order valence-electron chi connectivity index (χ0n) is 15.2. The maximum Gasteiger partial charge on any atom is 0.128 e. The van der Waals surface area contributed by atoms with Crippen LogP contribution in [0.15, 0.2) is 11.6 Å². The van der Waals surface area contributed by atoms with Crippen LogP contribution in [-0.4, -0.2) is 44.3 Å². The predicted molar refractivity (Wildman–Crippen MR) is 94.3 cm³/mol. The van der Waals surface area contributed by atoms with E-state index in [0.29, 0.717) is 25.2 Å². The van der Waals surface area contributed by atoms with E-state index in [1.165, 1.54) is 0 Å². The smallest absolute Gasteiger partial charge is 0.128 e. The summed E-state index contributed by atoms with van der Waals surface area (Å²) in [5.41, 5.74) is -0.388. The number of rotatable bonds is 0. The van der Waals surface area contributed by atoms with Gasteiger partial charge in [0.15, 0.2) is 0 Å². The van der Waals surface area contributed by atoms with Gasteiger partial charge in [-0.2, -0.15) is 0 Å². The van der Waals surface area contributed by atoms with Crippen LogP contribution < -0.4 is 0 Å². The molecule has 0 aromatic heterocycles. The second-order valence-electron chi connectivity index (χ2n) is 9.54. The molecule has 0 amide bonds. The molecule has 0 aromatic rings. The molecule has 4 heteroatoms. The lowest BCUT2D eigenvalue weighted by atomic mass is 9.46. The molecule has 4 rings (SSSR count). The Morgan fingerprint density at radius 3 is 2.52 bits per heavy atom. The van der Waals surface area contributed by atoms with Crippen molar-refractivity contribution in [1.29, 1.82) is 0 Å². The first-order valence-corrected chi connectivity index (χ1v) is 9.60.